The van der Waals surface area contributed by atoms with Crippen LogP contribution in [0.25, 0.3) is 0 Å². The third kappa shape index (κ3) is 3.82. The topological polar surface area (TPSA) is 30.5 Å². The lowest BCUT2D eigenvalue weighted by Gasteiger charge is -2.20. The number of benzene rings is 2. The summed E-state index contributed by atoms with van der Waals surface area (Å²) in [6.45, 7) is 4.70. The maximum absolute atomic E-state index is 6.24. The van der Waals surface area contributed by atoms with Crippen molar-refractivity contribution in [1.82, 2.24) is 0 Å². The van der Waals surface area contributed by atoms with E-state index in [1.165, 1.54) is 0 Å². The van der Waals surface area contributed by atoms with E-state index in [2.05, 4.69) is 18.3 Å². The van der Waals surface area contributed by atoms with Gasteiger partial charge in [0.15, 0.2) is 0 Å². The zero-order valence-corrected chi connectivity index (χ0v) is 13.3. The highest BCUT2D eigenvalue weighted by Gasteiger charge is 2.13. The Bertz CT molecular complexity index is 601. The van der Waals surface area contributed by atoms with Crippen molar-refractivity contribution in [2.75, 3.05) is 19.0 Å². The fourth-order valence-corrected chi connectivity index (χ4v) is 2.35. The fourth-order valence-electron chi connectivity index (χ4n) is 2.18. The average molecular weight is 306 g/mol. The summed E-state index contributed by atoms with van der Waals surface area (Å²) >= 11 is 6.24. The predicted molar refractivity (Wildman–Crippen MR) is 87.7 cm³/mol. The van der Waals surface area contributed by atoms with Gasteiger partial charge >= 0.3 is 0 Å². The Morgan fingerprint density at radius 1 is 1.19 bits per heavy atom. The van der Waals surface area contributed by atoms with Crippen LogP contribution in [0.15, 0.2) is 42.5 Å². The molecule has 2 aromatic carbocycles. The number of nitrogens with one attached hydrogen (secondary N) is 1. The molecule has 1 atom stereocenters. The van der Waals surface area contributed by atoms with E-state index in [1.54, 1.807) is 7.11 Å². The summed E-state index contributed by atoms with van der Waals surface area (Å²) in [5.41, 5.74) is 1.94. The first-order valence-corrected chi connectivity index (χ1v) is 7.35. The summed E-state index contributed by atoms with van der Waals surface area (Å²) < 4.78 is 10.9. The number of hydrogen-bond acceptors (Lipinski definition) is 3. The molecule has 0 bridgehead atoms. The molecular formula is C17H20ClNO2. The molecule has 0 aromatic heterocycles. The van der Waals surface area contributed by atoms with Crippen LogP contribution in [0, 0.1) is 0 Å². The Kier molecular flexibility index (Phi) is 5.34. The van der Waals surface area contributed by atoms with Crippen molar-refractivity contribution in [3.8, 4) is 11.5 Å². The molecular weight excluding hydrogens is 286 g/mol. The summed E-state index contributed by atoms with van der Waals surface area (Å²) in [4.78, 5) is 0. The van der Waals surface area contributed by atoms with Gasteiger partial charge in [-0.1, -0.05) is 29.8 Å². The number of ether oxygens (including phenoxy) is 2. The molecule has 0 radical (unpaired) electrons. The van der Waals surface area contributed by atoms with Crippen LogP contribution in [-0.4, -0.2) is 13.7 Å². The van der Waals surface area contributed by atoms with E-state index in [9.17, 15) is 0 Å². The first kappa shape index (κ1) is 15.5. The maximum Gasteiger partial charge on any atom is 0.124 e. The number of hydrogen-bond donors (Lipinski definition) is 1. The summed E-state index contributed by atoms with van der Waals surface area (Å²) in [6.07, 6.45) is 0. The first-order chi connectivity index (χ1) is 10.2. The zero-order chi connectivity index (χ0) is 15.2. The van der Waals surface area contributed by atoms with Crippen LogP contribution in [0.4, 0.5) is 5.69 Å². The number of methoxy groups -OCH3 is 1. The lowest BCUT2D eigenvalue weighted by molar-refractivity contribution is 0.335. The van der Waals surface area contributed by atoms with Crippen molar-refractivity contribution in [1.29, 1.82) is 0 Å². The molecule has 0 aliphatic carbocycles. The molecule has 0 saturated heterocycles. The van der Waals surface area contributed by atoms with Gasteiger partial charge in [0.25, 0.3) is 0 Å². The SMILES string of the molecule is CCOc1ccccc1C(C)Nc1cc(OC)ccc1Cl. The fraction of sp³-hybridized carbons (Fsp3) is 0.294. The van der Waals surface area contributed by atoms with E-state index in [4.69, 9.17) is 21.1 Å². The van der Waals surface area contributed by atoms with Crippen LogP contribution in [0.2, 0.25) is 5.02 Å². The molecule has 21 heavy (non-hydrogen) atoms. The van der Waals surface area contributed by atoms with Crippen molar-refractivity contribution in [2.45, 2.75) is 19.9 Å². The van der Waals surface area contributed by atoms with Crippen LogP contribution in [0.1, 0.15) is 25.5 Å². The average Bonchev–Trinajstić information content (AvgIpc) is 2.50. The van der Waals surface area contributed by atoms with Gasteiger partial charge in [0, 0.05) is 11.6 Å². The summed E-state index contributed by atoms with van der Waals surface area (Å²) in [5, 5.41) is 4.07. The molecule has 2 rings (SSSR count). The Morgan fingerprint density at radius 3 is 2.67 bits per heavy atom. The van der Waals surface area contributed by atoms with Crippen LogP contribution in [0.3, 0.4) is 0 Å². The molecule has 1 N–H and O–H groups in total. The smallest absolute Gasteiger partial charge is 0.124 e. The minimum atomic E-state index is 0.0670. The van der Waals surface area contributed by atoms with E-state index in [0.29, 0.717) is 11.6 Å². The molecule has 112 valence electrons. The van der Waals surface area contributed by atoms with E-state index >= 15 is 0 Å². The molecule has 0 fully saturated rings. The van der Waals surface area contributed by atoms with Crippen LogP contribution in [0.5, 0.6) is 11.5 Å². The highest BCUT2D eigenvalue weighted by molar-refractivity contribution is 6.33. The molecule has 0 amide bonds. The Hall–Kier alpha value is -1.87. The van der Waals surface area contributed by atoms with Gasteiger partial charge in [-0.15, -0.1) is 0 Å². The van der Waals surface area contributed by atoms with Crippen molar-refractivity contribution >= 4 is 17.3 Å². The number of halogens is 1. The number of para-hydroxylation sites is 1. The van der Waals surface area contributed by atoms with Gasteiger partial charge in [0.1, 0.15) is 11.5 Å². The minimum Gasteiger partial charge on any atom is -0.497 e. The van der Waals surface area contributed by atoms with Crippen molar-refractivity contribution < 1.29 is 9.47 Å². The maximum atomic E-state index is 6.24. The normalized spacial score (nSPS) is 11.8. The molecule has 0 heterocycles. The predicted octanol–water partition coefficient (Wildman–Crippen LogP) is 4.92. The van der Waals surface area contributed by atoms with Crippen molar-refractivity contribution in [3.63, 3.8) is 0 Å². The lowest BCUT2D eigenvalue weighted by atomic mass is 10.1. The Labute approximate surface area is 130 Å². The summed E-state index contributed by atoms with van der Waals surface area (Å²) in [5.74, 6) is 1.66. The quantitative estimate of drug-likeness (QED) is 0.821. The van der Waals surface area contributed by atoms with Gasteiger partial charge < -0.3 is 14.8 Å². The third-order valence-corrected chi connectivity index (χ3v) is 3.56. The molecule has 3 nitrogen and oxygen atoms in total. The van der Waals surface area contributed by atoms with Gasteiger partial charge in [-0.05, 0) is 32.0 Å². The van der Waals surface area contributed by atoms with Gasteiger partial charge in [0.2, 0.25) is 0 Å². The molecule has 0 spiro atoms. The minimum absolute atomic E-state index is 0.0670. The van der Waals surface area contributed by atoms with Crippen LogP contribution in [-0.2, 0) is 0 Å². The Balaban J connectivity index is 2.23. The van der Waals surface area contributed by atoms with E-state index in [-0.39, 0.29) is 6.04 Å². The first-order valence-electron chi connectivity index (χ1n) is 6.97. The highest BCUT2D eigenvalue weighted by Crippen LogP contribution is 2.32. The van der Waals surface area contributed by atoms with E-state index in [1.807, 2.05) is 43.3 Å². The van der Waals surface area contributed by atoms with Gasteiger partial charge in [0.05, 0.1) is 30.5 Å². The molecule has 0 aliphatic heterocycles. The third-order valence-electron chi connectivity index (χ3n) is 3.23. The monoisotopic (exact) mass is 305 g/mol. The van der Waals surface area contributed by atoms with Crippen molar-refractivity contribution in [3.05, 3.63) is 53.1 Å². The van der Waals surface area contributed by atoms with Gasteiger partial charge in [-0.3, -0.25) is 0 Å². The number of anilines is 1. The van der Waals surface area contributed by atoms with Gasteiger partial charge in [-0.2, -0.15) is 0 Å². The lowest BCUT2D eigenvalue weighted by Crippen LogP contribution is -2.09. The van der Waals surface area contributed by atoms with E-state index < -0.39 is 0 Å². The Morgan fingerprint density at radius 2 is 1.95 bits per heavy atom. The second kappa shape index (κ2) is 7.23. The molecule has 4 heteroatoms. The molecule has 0 aliphatic rings. The second-order valence-corrected chi connectivity index (χ2v) is 5.09. The molecule has 2 aromatic rings. The van der Waals surface area contributed by atoms with Gasteiger partial charge in [-0.25, -0.2) is 0 Å². The number of rotatable bonds is 6. The standard InChI is InChI=1S/C17H20ClNO2/c1-4-21-17-8-6-5-7-14(17)12(2)19-16-11-13(20-3)9-10-15(16)18/h5-12,19H,4H2,1-3H3. The van der Waals surface area contributed by atoms with Crippen LogP contribution < -0.4 is 14.8 Å². The summed E-state index contributed by atoms with van der Waals surface area (Å²) in [6, 6.07) is 13.6. The zero-order valence-electron chi connectivity index (χ0n) is 12.5. The van der Waals surface area contributed by atoms with E-state index in [0.717, 1.165) is 22.7 Å². The molecule has 1 unspecified atom stereocenters. The van der Waals surface area contributed by atoms with Crippen LogP contribution >= 0.6 is 11.6 Å². The summed E-state index contributed by atoms with van der Waals surface area (Å²) in [7, 11) is 1.64. The van der Waals surface area contributed by atoms with Crippen molar-refractivity contribution in [2.24, 2.45) is 0 Å². The second-order valence-electron chi connectivity index (χ2n) is 4.68. The molecule has 0 saturated carbocycles. The largest absolute Gasteiger partial charge is 0.497 e. The highest BCUT2D eigenvalue weighted by atomic mass is 35.5.